The summed E-state index contributed by atoms with van der Waals surface area (Å²) in [6.45, 7) is 5.73. The van der Waals surface area contributed by atoms with E-state index in [2.05, 4.69) is 15.2 Å². The first-order chi connectivity index (χ1) is 13.0. The average molecular weight is 373 g/mol. The molecule has 1 N–H and O–H groups in total. The summed E-state index contributed by atoms with van der Waals surface area (Å²) in [5, 5.41) is 2.83. The maximum Gasteiger partial charge on any atom is 0.238 e. The van der Waals surface area contributed by atoms with Crippen molar-refractivity contribution in [2.45, 2.75) is 19.8 Å². The molecule has 3 heterocycles. The zero-order valence-corrected chi connectivity index (χ0v) is 15.8. The lowest BCUT2D eigenvalue weighted by Gasteiger charge is -2.38. The number of carbonyl (C=O) groups excluding carboxylic acids is 3. The molecule has 0 saturated carbocycles. The van der Waals surface area contributed by atoms with E-state index in [-0.39, 0.29) is 23.6 Å². The molecule has 0 unspecified atom stereocenters. The lowest BCUT2D eigenvalue weighted by atomic mass is 9.96. The van der Waals surface area contributed by atoms with E-state index in [9.17, 15) is 14.4 Å². The largest absolute Gasteiger partial charge is 0.342 e. The van der Waals surface area contributed by atoms with Crippen LogP contribution in [0.4, 0.5) is 5.69 Å². The zero-order valence-electron chi connectivity index (χ0n) is 15.8. The van der Waals surface area contributed by atoms with Crippen LogP contribution in [-0.4, -0.2) is 83.2 Å². The predicted octanol–water partition coefficient (Wildman–Crippen LogP) is 0.423. The average Bonchev–Trinajstić information content (AvgIpc) is 2.69. The first-order valence-electron chi connectivity index (χ1n) is 9.49. The van der Waals surface area contributed by atoms with Gasteiger partial charge in [0.25, 0.3) is 0 Å². The normalized spacial score (nSPS) is 21.0. The number of piperidine rings is 1. The zero-order chi connectivity index (χ0) is 19.2. The van der Waals surface area contributed by atoms with Crippen LogP contribution in [0, 0.1) is 5.92 Å². The van der Waals surface area contributed by atoms with Gasteiger partial charge in [0.1, 0.15) is 0 Å². The third-order valence-electron chi connectivity index (χ3n) is 5.21. The highest BCUT2D eigenvalue weighted by Gasteiger charge is 2.31. The molecule has 1 aromatic heterocycles. The van der Waals surface area contributed by atoms with E-state index in [1.54, 1.807) is 36.4 Å². The molecule has 2 fully saturated rings. The van der Waals surface area contributed by atoms with Crippen LogP contribution in [-0.2, 0) is 14.4 Å². The second-order valence-corrected chi connectivity index (χ2v) is 7.20. The summed E-state index contributed by atoms with van der Waals surface area (Å²) in [7, 11) is 0. The van der Waals surface area contributed by atoms with Gasteiger partial charge in [0.05, 0.1) is 24.3 Å². The van der Waals surface area contributed by atoms with Crippen molar-refractivity contribution >= 4 is 23.4 Å². The Bertz CT molecular complexity index is 673. The van der Waals surface area contributed by atoms with Crippen LogP contribution in [0.3, 0.4) is 0 Å². The number of hydrogen-bond donors (Lipinski definition) is 1. The Morgan fingerprint density at radius 2 is 1.93 bits per heavy atom. The Balaban J connectivity index is 1.43. The van der Waals surface area contributed by atoms with Crippen LogP contribution in [0.5, 0.6) is 0 Å². The highest BCUT2D eigenvalue weighted by Crippen LogP contribution is 2.20. The quantitative estimate of drug-likeness (QED) is 0.827. The Kier molecular flexibility index (Phi) is 6.39. The highest BCUT2D eigenvalue weighted by atomic mass is 16.2. The number of rotatable bonds is 4. The van der Waals surface area contributed by atoms with Gasteiger partial charge in [0, 0.05) is 52.4 Å². The van der Waals surface area contributed by atoms with Crippen LogP contribution in [0.25, 0.3) is 0 Å². The number of carbonyl (C=O) groups is 3. The SMILES string of the molecule is CC(=O)N1CCC[C@@H](C(=O)N2CCN(CC(=O)Nc3cccnc3)CC2)C1. The molecule has 146 valence electrons. The molecule has 27 heavy (non-hydrogen) atoms. The monoisotopic (exact) mass is 373 g/mol. The Hall–Kier alpha value is -2.48. The molecule has 2 saturated heterocycles. The summed E-state index contributed by atoms with van der Waals surface area (Å²) in [5.41, 5.74) is 0.684. The van der Waals surface area contributed by atoms with E-state index in [4.69, 9.17) is 0 Å². The van der Waals surface area contributed by atoms with Gasteiger partial charge in [0.2, 0.25) is 17.7 Å². The summed E-state index contributed by atoms with van der Waals surface area (Å²) in [4.78, 5) is 46.2. The van der Waals surface area contributed by atoms with Crippen molar-refractivity contribution in [3.8, 4) is 0 Å². The summed E-state index contributed by atoms with van der Waals surface area (Å²) in [6.07, 6.45) is 5.00. The van der Waals surface area contributed by atoms with E-state index < -0.39 is 0 Å². The van der Waals surface area contributed by atoms with Gasteiger partial charge in [-0.25, -0.2) is 0 Å². The van der Waals surface area contributed by atoms with Crippen molar-refractivity contribution < 1.29 is 14.4 Å². The number of likely N-dealkylation sites (tertiary alicyclic amines) is 1. The van der Waals surface area contributed by atoms with Gasteiger partial charge in [-0.1, -0.05) is 0 Å². The van der Waals surface area contributed by atoms with Gasteiger partial charge in [-0.15, -0.1) is 0 Å². The molecule has 3 rings (SSSR count). The highest BCUT2D eigenvalue weighted by molar-refractivity contribution is 5.92. The number of pyridine rings is 1. The lowest BCUT2D eigenvalue weighted by Crippen LogP contribution is -2.53. The molecule has 0 bridgehead atoms. The first-order valence-corrected chi connectivity index (χ1v) is 9.49. The minimum Gasteiger partial charge on any atom is -0.342 e. The van der Waals surface area contributed by atoms with Gasteiger partial charge in [-0.3, -0.25) is 24.3 Å². The van der Waals surface area contributed by atoms with Gasteiger partial charge >= 0.3 is 0 Å². The van der Waals surface area contributed by atoms with E-state index in [1.807, 2.05) is 4.90 Å². The standard InChI is InChI=1S/C19H27N5O3/c1-15(25)24-7-3-4-16(13-24)19(27)23-10-8-22(9-11-23)14-18(26)21-17-5-2-6-20-12-17/h2,5-6,12,16H,3-4,7-11,13-14H2,1H3,(H,21,26)/t16-/m1/s1. The van der Waals surface area contributed by atoms with Crippen molar-refractivity contribution in [1.82, 2.24) is 19.7 Å². The predicted molar refractivity (Wildman–Crippen MR) is 101 cm³/mol. The molecule has 8 heteroatoms. The lowest BCUT2D eigenvalue weighted by molar-refractivity contribution is -0.141. The summed E-state index contributed by atoms with van der Waals surface area (Å²) >= 11 is 0. The van der Waals surface area contributed by atoms with Gasteiger partial charge in [-0.2, -0.15) is 0 Å². The van der Waals surface area contributed by atoms with E-state index >= 15 is 0 Å². The van der Waals surface area contributed by atoms with Gasteiger partial charge in [0.15, 0.2) is 0 Å². The number of nitrogens with zero attached hydrogens (tertiary/aromatic N) is 4. The fourth-order valence-corrected chi connectivity index (χ4v) is 3.69. The molecule has 3 amide bonds. The molecule has 1 aromatic rings. The molecule has 1 atom stereocenters. The van der Waals surface area contributed by atoms with E-state index in [0.29, 0.717) is 45.0 Å². The molecule has 2 aliphatic rings. The van der Waals surface area contributed by atoms with Crippen molar-refractivity contribution in [3.05, 3.63) is 24.5 Å². The third-order valence-corrected chi connectivity index (χ3v) is 5.21. The van der Waals surface area contributed by atoms with E-state index in [1.165, 1.54) is 0 Å². The summed E-state index contributed by atoms with van der Waals surface area (Å²) in [6, 6.07) is 3.58. The molecule has 0 aromatic carbocycles. The minimum atomic E-state index is -0.0944. The molecular formula is C19H27N5O3. The Morgan fingerprint density at radius 1 is 1.15 bits per heavy atom. The smallest absolute Gasteiger partial charge is 0.238 e. The maximum absolute atomic E-state index is 12.8. The molecule has 2 aliphatic heterocycles. The minimum absolute atomic E-state index is 0.0388. The van der Waals surface area contributed by atoms with Crippen LogP contribution < -0.4 is 5.32 Å². The Labute approximate surface area is 159 Å². The molecule has 8 nitrogen and oxygen atoms in total. The first kappa shape index (κ1) is 19.3. The third kappa shape index (κ3) is 5.26. The number of anilines is 1. The number of nitrogens with one attached hydrogen (secondary N) is 1. The van der Waals surface area contributed by atoms with Crippen molar-refractivity contribution in [1.29, 1.82) is 0 Å². The van der Waals surface area contributed by atoms with Crippen LogP contribution in [0.1, 0.15) is 19.8 Å². The molecule has 0 radical (unpaired) electrons. The van der Waals surface area contributed by atoms with Crippen LogP contribution >= 0.6 is 0 Å². The Morgan fingerprint density at radius 3 is 2.59 bits per heavy atom. The number of piperazine rings is 1. The molecular weight excluding hydrogens is 346 g/mol. The van der Waals surface area contributed by atoms with Gasteiger partial charge < -0.3 is 15.1 Å². The summed E-state index contributed by atoms with van der Waals surface area (Å²) in [5.74, 6) is 0.00703. The number of amides is 3. The fraction of sp³-hybridized carbons (Fsp3) is 0.579. The second-order valence-electron chi connectivity index (χ2n) is 7.20. The topological polar surface area (TPSA) is 85.9 Å². The molecule has 0 aliphatic carbocycles. The van der Waals surface area contributed by atoms with Crippen LogP contribution in [0.2, 0.25) is 0 Å². The van der Waals surface area contributed by atoms with Crippen LogP contribution in [0.15, 0.2) is 24.5 Å². The van der Waals surface area contributed by atoms with Crippen molar-refractivity contribution in [3.63, 3.8) is 0 Å². The van der Waals surface area contributed by atoms with Gasteiger partial charge in [-0.05, 0) is 25.0 Å². The fourth-order valence-electron chi connectivity index (χ4n) is 3.69. The summed E-state index contributed by atoms with van der Waals surface area (Å²) < 4.78 is 0. The maximum atomic E-state index is 12.8. The van der Waals surface area contributed by atoms with E-state index in [0.717, 1.165) is 19.4 Å². The molecule has 0 spiro atoms. The van der Waals surface area contributed by atoms with Crippen molar-refractivity contribution in [2.75, 3.05) is 51.1 Å². The van der Waals surface area contributed by atoms with Crippen molar-refractivity contribution in [2.24, 2.45) is 5.92 Å². The number of hydrogen-bond acceptors (Lipinski definition) is 5. The number of aromatic nitrogens is 1. The second kappa shape index (κ2) is 8.94.